The van der Waals surface area contributed by atoms with Gasteiger partial charge in [0, 0.05) is 47.2 Å². The molecule has 0 radical (unpaired) electrons. The molecular formula is C23H17N7OS. The minimum atomic E-state index is -0.260. The number of nitrogens with zero attached hydrogens (tertiary/aromatic N) is 5. The summed E-state index contributed by atoms with van der Waals surface area (Å²) in [5.41, 5.74) is 12.0. The average Bonchev–Trinajstić information content (AvgIpc) is 3.49. The Balaban J connectivity index is 1.70. The summed E-state index contributed by atoms with van der Waals surface area (Å²) in [6.45, 7) is 7.97. The molecule has 0 unspecified atom stereocenters. The van der Waals surface area contributed by atoms with Crippen LogP contribution in [0.15, 0.2) is 59.0 Å². The predicted molar refractivity (Wildman–Crippen MR) is 125 cm³/mol. The van der Waals surface area contributed by atoms with Gasteiger partial charge in [-0.1, -0.05) is 18.2 Å². The van der Waals surface area contributed by atoms with E-state index in [9.17, 15) is 4.79 Å². The van der Waals surface area contributed by atoms with Gasteiger partial charge in [-0.25, -0.2) is 14.3 Å². The molecule has 5 rings (SSSR count). The summed E-state index contributed by atoms with van der Waals surface area (Å²) < 4.78 is 5.91. The molecule has 9 heteroatoms. The van der Waals surface area contributed by atoms with Crippen molar-refractivity contribution in [2.24, 2.45) is 12.8 Å². The van der Waals surface area contributed by atoms with Crippen LogP contribution < -0.4 is 11.3 Å². The Kier molecular flexibility index (Phi) is 4.86. The van der Waals surface area contributed by atoms with Crippen LogP contribution in [0.3, 0.4) is 0 Å². The Morgan fingerprint density at radius 3 is 2.69 bits per heavy atom. The Morgan fingerprint density at radius 1 is 1.09 bits per heavy atom. The maximum Gasteiger partial charge on any atom is 0.272 e. The van der Waals surface area contributed by atoms with Crippen LogP contribution in [0.4, 0.5) is 5.69 Å². The molecule has 0 fully saturated rings. The standard InChI is InChI=1S/C23H17N7OS/c1-25-20-8-13(15-10-27-32-12-15)3-6-17(20)22-19(11-26-30(22)2)14-4-5-16-18(7-14)21(9-24)28-29-23(16)31/h3-8,10-12H,9,24H2,2H3,(H,29,31). The zero-order valence-electron chi connectivity index (χ0n) is 17.0. The number of hydrogen-bond acceptors (Lipinski definition) is 6. The fraction of sp³-hybridized carbons (Fsp3) is 0.0870. The number of nitrogens with two attached hydrogens (primary N) is 1. The smallest absolute Gasteiger partial charge is 0.272 e. The number of aryl methyl sites for hydroxylation is 1. The van der Waals surface area contributed by atoms with E-state index in [4.69, 9.17) is 12.3 Å². The SMILES string of the molecule is [C-]#[N+]c1cc(-c2cnsc2)ccc1-c1c(-c2ccc3c(=O)[nH]nc(CN)c3c2)cnn1C. The van der Waals surface area contributed by atoms with Crippen molar-refractivity contribution in [2.75, 3.05) is 0 Å². The molecule has 3 N–H and O–H groups in total. The summed E-state index contributed by atoms with van der Waals surface area (Å²) in [6.07, 6.45) is 3.56. The van der Waals surface area contributed by atoms with Crippen molar-refractivity contribution in [3.8, 4) is 33.5 Å². The second kappa shape index (κ2) is 7.85. The molecule has 0 spiro atoms. The van der Waals surface area contributed by atoms with Gasteiger partial charge in [0.15, 0.2) is 5.69 Å². The average molecular weight is 440 g/mol. The minimum absolute atomic E-state index is 0.206. The molecule has 2 aromatic carbocycles. The van der Waals surface area contributed by atoms with Crippen molar-refractivity contribution in [1.29, 1.82) is 0 Å². The lowest BCUT2D eigenvalue weighted by Crippen LogP contribution is -2.13. The molecule has 0 saturated heterocycles. The topological polar surface area (TPSA) is 107 Å². The summed E-state index contributed by atoms with van der Waals surface area (Å²) in [6, 6.07) is 11.4. The molecule has 0 aliphatic heterocycles. The molecule has 5 aromatic rings. The molecule has 0 saturated carbocycles. The van der Waals surface area contributed by atoms with Crippen LogP contribution in [0.1, 0.15) is 5.69 Å². The molecule has 0 aliphatic carbocycles. The molecule has 0 amide bonds. The monoisotopic (exact) mass is 439 g/mol. The predicted octanol–water partition coefficient (Wildman–Crippen LogP) is 4.12. The second-order valence-corrected chi connectivity index (χ2v) is 7.91. The highest BCUT2D eigenvalue weighted by molar-refractivity contribution is 7.03. The van der Waals surface area contributed by atoms with Gasteiger partial charge < -0.3 is 5.73 Å². The molecule has 156 valence electrons. The fourth-order valence-corrected chi connectivity index (χ4v) is 4.41. The molecule has 0 aliphatic rings. The van der Waals surface area contributed by atoms with Gasteiger partial charge in [-0.2, -0.15) is 10.2 Å². The van der Waals surface area contributed by atoms with Gasteiger partial charge in [0.25, 0.3) is 5.56 Å². The highest BCUT2D eigenvalue weighted by Gasteiger charge is 2.18. The third kappa shape index (κ3) is 3.19. The molecular weight excluding hydrogens is 422 g/mol. The normalized spacial score (nSPS) is 11.0. The molecule has 3 heterocycles. The van der Waals surface area contributed by atoms with E-state index >= 15 is 0 Å². The number of aromatic nitrogens is 5. The highest BCUT2D eigenvalue weighted by atomic mass is 32.1. The lowest BCUT2D eigenvalue weighted by Gasteiger charge is -2.11. The van der Waals surface area contributed by atoms with Crippen LogP contribution in [0.5, 0.6) is 0 Å². The van der Waals surface area contributed by atoms with Gasteiger partial charge in [0.2, 0.25) is 0 Å². The van der Waals surface area contributed by atoms with Crippen LogP contribution in [-0.4, -0.2) is 24.4 Å². The van der Waals surface area contributed by atoms with E-state index in [1.165, 1.54) is 11.5 Å². The lowest BCUT2D eigenvalue weighted by molar-refractivity contribution is 0.776. The van der Waals surface area contributed by atoms with Gasteiger partial charge in [-0.3, -0.25) is 9.48 Å². The summed E-state index contributed by atoms with van der Waals surface area (Å²) in [5, 5.41) is 14.2. The van der Waals surface area contributed by atoms with Crippen LogP contribution in [0.25, 0.3) is 49.1 Å². The number of fused-ring (bicyclic) bond motifs is 1. The molecule has 32 heavy (non-hydrogen) atoms. The Bertz CT molecular complexity index is 1560. The summed E-state index contributed by atoms with van der Waals surface area (Å²) in [4.78, 5) is 16.0. The number of aromatic amines is 1. The zero-order valence-corrected chi connectivity index (χ0v) is 17.8. The van der Waals surface area contributed by atoms with Crippen molar-refractivity contribution >= 4 is 28.0 Å². The van der Waals surface area contributed by atoms with Crippen LogP contribution >= 0.6 is 11.5 Å². The maximum absolute atomic E-state index is 12.2. The summed E-state index contributed by atoms with van der Waals surface area (Å²) in [5.74, 6) is 0. The number of nitrogens with one attached hydrogen (secondary N) is 1. The number of benzene rings is 2. The van der Waals surface area contributed by atoms with Gasteiger partial charge in [-0.15, -0.1) is 0 Å². The first-order valence-corrected chi connectivity index (χ1v) is 10.6. The van der Waals surface area contributed by atoms with E-state index < -0.39 is 0 Å². The summed E-state index contributed by atoms with van der Waals surface area (Å²) >= 11 is 1.38. The van der Waals surface area contributed by atoms with E-state index in [2.05, 4.69) is 24.5 Å². The van der Waals surface area contributed by atoms with E-state index in [1.54, 1.807) is 23.1 Å². The fourth-order valence-electron chi connectivity index (χ4n) is 3.86. The number of H-pyrrole nitrogens is 1. The van der Waals surface area contributed by atoms with E-state index in [-0.39, 0.29) is 12.1 Å². The van der Waals surface area contributed by atoms with Gasteiger partial charge in [-0.05, 0) is 40.9 Å². The van der Waals surface area contributed by atoms with Crippen LogP contribution in [0, 0.1) is 6.57 Å². The number of rotatable bonds is 4. The highest BCUT2D eigenvalue weighted by Crippen LogP contribution is 2.40. The number of hydrogen-bond donors (Lipinski definition) is 2. The van der Waals surface area contributed by atoms with Crippen LogP contribution in [-0.2, 0) is 13.6 Å². The van der Waals surface area contributed by atoms with Crippen molar-refractivity contribution in [3.05, 3.63) is 81.6 Å². The van der Waals surface area contributed by atoms with E-state index in [1.807, 2.05) is 42.8 Å². The molecule has 3 aromatic heterocycles. The first-order chi connectivity index (χ1) is 15.6. The van der Waals surface area contributed by atoms with E-state index in [0.29, 0.717) is 22.2 Å². The van der Waals surface area contributed by atoms with Gasteiger partial charge in [0.1, 0.15) is 0 Å². The maximum atomic E-state index is 12.2. The summed E-state index contributed by atoms with van der Waals surface area (Å²) in [7, 11) is 1.85. The van der Waals surface area contributed by atoms with E-state index in [0.717, 1.165) is 33.5 Å². The van der Waals surface area contributed by atoms with Gasteiger partial charge in [0.05, 0.1) is 29.5 Å². The largest absolute Gasteiger partial charge is 0.325 e. The Morgan fingerprint density at radius 2 is 1.94 bits per heavy atom. The quantitative estimate of drug-likeness (QED) is 0.410. The second-order valence-electron chi connectivity index (χ2n) is 7.25. The van der Waals surface area contributed by atoms with Crippen LogP contribution in [0.2, 0.25) is 0 Å². The third-order valence-electron chi connectivity index (χ3n) is 5.45. The van der Waals surface area contributed by atoms with Crippen molar-refractivity contribution < 1.29 is 0 Å². The molecule has 8 nitrogen and oxygen atoms in total. The van der Waals surface area contributed by atoms with Gasteiger partial charge >= 0.3 is 0 Å². The molecule has 0 bridgehead atoms. The Labute approximate surface area is 186 Å². The first-order valence-electron chi connectivity index (χ1n) is 9.76. The van der Waals surface area contributed by atoms with Crippen molar-refractivity contribution in [1.82, 2.24) is 24.4 Å². The zero-order chi connectivity index (χ0) is 22.2. The van der Waals surface area contributed by atoms with Crippen molar-refractivity contribution in [2.45, 2.75) is 6.54 Å². The van der Waals surface area contributed by atoms with Crippen molar-refractivity contribution in [3.63, 3.8) is 0 Å². The first kappa shape index (κ1) is 19.8. The molecule has 0 atom stereocenters. The minimum Gasteiger partial charge on any atom is -0.325 e. The lowest BCUT2D eigenvalue weighted by atomic mass is 9.96. The third-order valence-corrected chi connectivity index (χ3v) is 6.04. The Hall–Kier alpha value is -4.13.